The summed E-state index contributed by atoms with van der Waals surface area (Å²) in [4.78, 5) is 29.4. The quantitative estimate of drug-likeness (QED) is 0.773. The normalized spacial score (nSPS) is 12.1. The Morgan fingerprint density at radius 3 is 2.83 bits per heavy atom. The highest BCUT2D eigenvalue weighted by atomic mass is 32.1. The van der Waals surface area contributed by atoms with Crippen molar-refractivity contribution >= 4 is 22.2 Å². The maximum atomic E-state index is 12.4. The van der Waals surface area contributed by atoms with E-state index in [1.165, 1.54) is 21.9 Å². The lowest BCUT2D eigenvalue weighted by atomic mass is 10.1. The average Bonchev–Trinajstić information content (AvgIpc) is 3.05. The molecule has 2 heterocycles. The maximum absolute atomic E-state index is 12.4. The molecule has 0 saturated heterocycles. The number of nitrogens with one attached hydrogen (secondary N) is 1. The first-order valence-corrected chi connectivity index (χ1v) is 8.46. The Labute approximate surface area is 142 Å². The third kappa shape index (κ3) is 3.16. The second-order valence-electron chi connectivity index (χ2n) is 5.23. The fourth-order valence-electron chi connectivity index (χ4n) is 2.36. The summed E-state index contributed by atoms with van der Waals surface area (Å²) in [6.45, 7) is 4.39. The number of benzene rings is 1. The summed E-state index contributed by atoms with van der Waals surface area (Å²) in [5.74, 6) is 0.347. The van der Waals surface area contributed by atoms with Crippen LogP contribution in [0.5, 0.6) is 5.75 Å². The first-order chi connectivity index (χ1) is 11.6. The number of carbonyl (C=O) groups excluding carboxylic acids is 1. The van der Waals surface area contributed by atoms with Gasteiger partial charge in [-0.3, -0.25) is 14.0 Å². The third-order valence-electron chi connectivity index (χ3n) is 3.63. The monoisotopic (exact) mass is 343 g/mol. The number of hydrogen-bond acceptors (Lipinski definition) is 5. The van der Waals surface area contributed by atoms with Gasteiger partial charge in [-0.25, -0.2) is 4.98 Å². The number of aromatic nitrogens is 2. The van der Waals surface area contributed by atoms with Crippen molar-refractivity contribution in [1.82, 2.24) is 14.7 Å². The van der Waals surface area contributed by atoms with Crippen LogP contribution in [0.1, 0.15) is 35.8 Å². The van der Waals surface area contributed by atoms with E-state index in [9.17, 15) is 9.59 Å². The van der Waals surface area contributed by atoms with Crippen molar-refractivity contribution in [3.63, 3.8) is 0 Å². The number of amides is 1. The van der Waals surface area contributed by atoms with E-state index < -0.39 is 5.91 Å². The first-order valence-electron chi connectivity index (χ1n) is 7.58. The number of hydrogen-bond donors (Lipinski definition) is 1. The molecule has 1 aromatic carbocycles. The second kappa shape index (κ2) is 6.84. The lowest BCUT2D eigenvalue weighted by Crippen LogP contribution is -2.32. The highest BCUT2D eigenvalue weighted by Gasteiger charge is 2.16. The number of carbonyl (C=O) groups is 1. The summed E-state index contributed by atoms with van der Waals surface area (Å²) in [5, 5.41) is 4.59. The van der Waals surface area contributed by atoms with E-state index in [1.807, 2.05) is 38.1 Å². The van der Waals surface area contributed by atoms with Gasteiger partial charge in [0.25, 0.3) is 11.5 Å². The van der Waals surface area contributed by atoms with Gasteiger partial charge in [-0.2, -0.15) is 0 Å². The number of nitrogens with zero attached hydrogens (tertiary/aromatic N) is 2. The summed E-state index contributed by atoms with van der Waals surface area (Å²) in [6.07, 6.45) is 2.94. The van der Waals surface area contributed by atoms with Crippen molar-refractivity contribution < 1.29 is 9.53 Å². The van der Waals surface area contributed by atoms with Gasteiger partial charge in [0.1, 0.15) is 11.3 Å². The number of fused-ring (bicyclic) bond motifs is 1. The van der Waals surface area contributed by atoms with E-state index in [2.05, 4.69) is 10.3 Å². The molecule has 3 aromatic rings. The second-order valence-corrected chi connectivity index (χ2v) is 6.10. The van der Waals surface area contributed by atoms with Crippen LogP contribution in [-0.4, -0.2) is 21.9 Å². The topological polar surface area (TPSA) is 72.7 Å². The molecular weight excluding hydrogens is 326 g/mol. The van der Waals surface area contributed by atoms with Crippen LogP contribution in [0.25, 0.3) is 4.96 Å². The highest BCUT2D eigenvalue weighted by molar-refractivity contribution is 7.15. The van der Waals surface area contributed by atoms with Gasteiger partial charge < -0.3 is 10.1 Å². The Morgan fingerprint density at radius 2 is 2.12 bits per heavy atom. The molecule has 0 aliphatic carbocycles. The molecule has 6 nitrogen and oxygen atoms in total. The number of rotatable bonds is 5. The van der Waals surface area contributed by atoms with Gasteiger partial charge in [0, 0.05) is 17.8 Å². The molecule has 0 spiro atoms. The van der Waals surface area contributed by atoms with Gasteiger partial charge in [-0.05, 0) is 31.5 Å². The molecule has 1 amide bonds. The summed E-state index contributed by atoms with van der Waals surface area (Å²) >= 11 is 1.35. The van der Waals surface area contributed by atoms with Crippen LogP contribution in [0, 0.1) is 0 Å². The van der Waals surface area contributed by atoms with Crippen LogP contribution >= 0.6 is 11.3 Å². The smallest absolute Gasteiger partial charge is 0.271 e. The Kier molecular flexibility index (Phi) is 4.61. The Morgan fingerprint density at radius 1 is 1.38 bits per heavy atom. The van der Waals surface area contributed by atoms with E-state index in [-0.39, 0.29) is 17.2 Å². The van der Waals surface area contributed by atoms with Crippen LogP contribution in [0.15, 0.2) is 46.8 Å². The van der Waals surface area contributed by atoms with E-state index in [1.54, 1.807) is 11.6 Å². The molecule has 0 aliphatic heterocycles. The van der Waals surface area contributed by atoms with Crippen LogP contribution in [-0.2, 0) is 0 Å². The summed E-state index contributed by atoms with van der Waals surface area (Å²) in [5.41, 5.74) is 0.595. The highest BCUT2D eigenvalue weighted by Crippen LogP contribution is 2.18. The van der Waals surface area contributed by atoms with Crippen molar-refractivity contribution in [2.45, 2.75) is 19.9 Å². The Balaban J connectivity index is 1.77. The molecular formula is C17H17N3O3S. The molecule has 0 fully saturated rings. The summed E-state index contributed by atoms with van der Waals surface area (Å²) in [7, 11) is 0. The predicted octanol–water partition coefficient (Wildman–Crippen LogP) is 2.65. The van der Waals surface area contributed by atoms with Crippen molar-refractivity contribution in [3.05, 3.63) is 63.5 Å². The molecule has 1 atom stereocenters. The van der Waals surface area contributed by atoms with Crippen LogP contribution in [0.3, 0.4) is 0 Å². The van der Waals surface area contributed by atoms with Crippen LogP contribution < -0.4 is 15.6 Å². The van der Waals surface area contributed by atoms with E-state index in [4.69, 9.17) is 4.74 Å². The minimum atomic E-state index is -0.436. The van der Waals surface area contributed by atoms with E-state index in [0.717, 1.165) is 11.3 Å². The first kappa shape index (κ1) is 16.2. The van der Waals surface area contributed by atoms with Crippen molar-refractivity contribution in [2.24, 2.45) is 0 Å². The van der Waals surface area contributed by atoms with Gasteiger partial charge in [-0.15, -0.1) is 11.3 Å². The van der Waals surface area contributed by atoms with Gasteiger partial charge in [-0.1, -0.05) is 12.1 Å². The maximum Gasteiger partial charge on any atom is 0.271 e. The predicted molar refractivity (Wildman–Crippen MR) is 92.8 cm³/mol. The summed E-state index contributed by atoms with van der Waals surface area (Å²) in [6, 6.07) is 7.26. The largest absolute Gasteiger partial charge is 0.494 e. The van der Waals surface area contributed by atoms with Crippen LogP contribution in [0.2, 0.25) is 0 Å². The molecule has 0 aliphatic rings. The number of thiazole rings is 1. The lowest BCUT2D eigenvalue weighted by molar-refractivity contribution is 0.0938. The Hall–Kier alpha value is -2.67. The van der Waals surface area contributed by atoms with Crippen molar-refractivity contribution in [3.8, 4) is 5.75 Å². The molecule has 1 N–H and O–H groups in total. The van der Waals surface area contributed by atoms with Crippen LogP contribution in [0.4, 0.5) is 0 Å². The Bertz CT molecular complexity index is 915. The third-order valence-corrected chi connectivity index (χ3v) is 4.40. The number of ether oxygens (including phenoxy) is 1. The standard InChI is InChI=1S/C17H17N3O3S/c1-3-23-13-6-4-12(5-7-13)11(2)19-15(21)14-10-18-17-20(16(14)22)8-9-24-17/h4-11H,3H2,1-2H3,(H,19,21). The molecule has 1 unspecified atom stereocenters. The van der Waals surface area contributed by atoms with Gasteiger partial charge in [0.15, 0.2) is 4.96 Å². The van der Waals surface area contributed by atoms with Gasteiger partial charge >= 0.3 is 0 Å². The molecule has 0 bridgehead atoms. The molecule has 3 rings (SSSR count). The molecule has 124 valence electrons. The van der Waals surface area contributed by atoms with E-state index >= 15 is 0 Å². The minimum absolute atomic E-state index is 0.0312. The lowest BCUT2D eigenvalue weighted by Gasteiger charge is -2.14. The molecule has 2 aromatic heterocycles. The van der Waals surface area contributed by atoms with Crippen molar-refractivity contribution in [1.29, 1.82) is 0 Å². The fraction of sp³-hybridized carbons (Fsp3) is 0.235. The molecule has 0 saturated carbocycles. The zero-order valence-electron chi connectivity index (χ0n) is 13.4. The molecule has 24 heavy (non-hydrogen) atoms. The van der Waals surface area contributed by atoms with Crippen molar-refractivity contribution in [2.75, 3.05) is 6.61 Å². The molecule has 7 heteroatoms. The zero-order valence-corrected chi connectivity index (χ0v) is 14.2. The molecule has 0 radical (unpaired) electrons. The SMILES string of the molecule is CCOc1ccc(C(C)NC(=O)c2cnc3sccn3c2=O)cc1. The minimum Gasteiger partial charge on any atom is -0.494 e. The average molecular weight is 343 g/mol. The summed E-state index contributed by atoms with van der Waals surface area (Å²) < 4.78 is 6.78. The van der Waals surface area contributed by atoms with E-state index in [0.29, 0.717) is 11.6 Å². The zero-order chi connectivity index (χ0) is 17.1. The van der Waals surface area contributed by atoms with Gasteiger partial charge in [0.05, 0.1) is 12.6 Å². The fourth-order valence-corrected chi connectivity index (χ4v) is 3.03. The van der Waals surface area contributed by atoms with Gasteiger partial charge in [0.2, 0.25) is 0 Å².